The Morgan fingerprint density at radius 3 is 1.70 bits per heavy atom. The predicted octanol–water partition coefficient (Wildman–Crippen LogP) is -4.58. The third kappa shape index (κ3) is 25.7. The molecule has 0 aliphatic carbocycles. The van der Waals surface area contributed by atoms with E-state index in [-0.39, 0.29) is 62.7 Å². The van der Waals surface area contributed by atoms with E-state index < -0.39 is 139 Å². The van der Waals surface area contributed by atoms with Gasteiger partial charge in [-0.15, -0.1) is 0 Å². The van der Waals surface area contributed by atoms with Gasteiger partial charge in [-0.1, -0.05) is 56.3 Å². The SMILES string of the molecule is CC(C)[C@H](NC(=O)[C@@H](N)CCCN=C(N)N)C(=O)N[C@@H](CC(=O)O)C(=O)N[C@@H](Cc1ccccc1)C(=O)N[C@@H](CS)C(=O)NCC(=O)N[C@@H](CCCCN)C(=O)NCC(=O)N[C@@H](Cc1ccc(O)cc1)C(=O)N[C@@H](Cc1cnc[nH]1)C(=O)O. The summed E-state index contributed by atoms with van der Waals surface area (Å²) in [5, 5.41) is 51.4. The molecule has 9 amide bonds. The van der Waals surface area contributed by atoms with Crippen LogP contribution < -0.4 is 70.8 Å². The number of hydrogen-bond acceptors (Lipinski definition) is 17. The number of carboxylic acid groups (broad SMARTS) is 2. The number of nitrogens with two attached hydrogens (primary N) is 4. The van der Waals surface area contributed by atoms with Crippen molar-refractivity contribution in [3.8, 4) is 5.75 Å². The quantitative estimate of drug-likeness (QED) is 0.0112. The van der Waals surface area contributed by atoms with E-state index in [9.17, 15) is 68.1 Å². The molecule has 0 saturated carbocycles. The molecule has 3 aromatic rings. The van der Waals surface area contributed by atoms with E-state index in [0.717, 1.165) is 0 Å². The molecule has 1 aromatic heterocycles. The van der Waals surface area contributed by atoms with Crippen molar-refractivity contribution in [2.45, 2.75) is 120 Å². The number of nitrogens with zero attached hydrogens (tertiary/aromatic N) is 2. The number of carbonyl (C=O) groups is 11. The number of imidazole rings is 1. The number of rotatable bonds is 37. The largest absolute Gasteiger partial charge is 0.508 e. The molecule has 21 N–H and O–H groups in total. The lowest BCUT2D eigenvalue weighted by Gasteiger charge is -2.27. The number of benzene rings is 2. The lowest BCUT2D eigenvalue weighted by atomic mass is 10.0. The van der Waals surface area contributed by atoms with Gasteiger partial charge in [0.05, 0.1) is 31.9 Å². The maximum Gasteiger partial charge on any atom is 0.326 e. The van der Waals surface area contributed by atoms with Gasteiger partial charge in [0.2, 0.25) is 53.2 Å². The van der Waals surface area contributed by atoms with Gasteiger partial charge >= 0.3 is 11.9 Å². The molecule has 0 spiro atoms. The number of carbonyl (C=O) groups excluding carboxylic acids is 9. The highest BCUT2D eigenvalue weighted by Gasteiger charge is 2.35. The summed E-state index contributed by atoms with van der Waals surface area (Å²) in [5.41, 5.74) is 23.8. The Kier molecular flexibility index (Phi) is 29.5. The molecule has 454 valence electrons. The third-order valence-corrected chi connectivity index (χ3v) is 12.7. The zero-order valence-corrected chi connectivity index (χ0v) is 46.8. The summed E-state index contributed by atoms with van der Waals surface area (Å²) < 4.78 is 0. The van der Waals surface area contributed by atoms with Crippen LogP contribution in [0.15, 0.2) is 72.1 Å². The second-order valence-electron chi connectivity index (χ2n) is 19.5. The molecule has 0 unspecified atom stereocenters. The first kappa shape index (κ1) is 68.4. The topological polar surface area (TPSA) is 502 Å². The first-order valence-corrected chi connectivity index (χ1v) is 27.1. The monoisotopic (exact) mass is 1180 g/mol. The average Bonchev–Trinajstić information content (AvgIpc) is 4.07. The van der Waals surface area contributed by atoms with Gasteiger partial charge in [0.1, 0.15) is 48.0 Å². The van der Waals surface area contributed by atoms with E-state index in [4.69, 9.17) is 22.9 Å². The smallest absolute Gasteiger partial charge is 0.326 e. The molecule has 0 radical (unpaired) electrons. The van der Waals surface area contributed by atoms with Crippen LogP contribution in [0.4, 0.5) is 0 Å². The second-order valence-corrected chi connectivity index (χ2v) is 19.8. The molecule has 3 rings (SSSR count). The minimum absolute atomic E-state index is 0.0250. The normalized spacial score (nSPS) is 13.8. The highest BCUT2D eigenvalue weighted by molar-refractivity contribution is 7.80. The Bertz CT molecular complexity index is 2680. The van der Waals surface area contributed by atoms with Crippen molar-refractivity contribution in [3.63, 3.8) is 0 Å². The molecule has 0 bridgehead atoms. The fourth-order valence-electron chi connectivity index (χ4n) is 7.89. The van der Waals surface area contributed by atoms with Gasteiger partial charge in [-0.3, -0.25) is 52.9 Å². The van der Waals surface area contributed by atoms with Crippen LogP contribution in [0.2, 0.25) is 0 Å². The summed E-state index contributed by atoms with van der Waals surface area (Å²) in [6.07, 6.45) is 2.52. The van der Waals surface area contributed by atoms with Gasteiger partial charge in [0, 0.05) is 43.5 Å². The number of unbranched alkanes of at least 4 members (excludes halogenated alkanes) is 1. The number of aromatic nitrogens is 2. The molecule has 0 fully saturated rings. The number of guanidine groups is 1. The minimum atomic E-state index is -1.79. The predicted molar refractivity (Wildman–Crippen MR) is 303 cm³/mol. The van der Waals surface area contributed by atoms with Crippen LogP contribution >= 0.6 is 12.6 Å². The average molecular weight is 1180 g/mol. The highest BCUT2D eigenvalue weighted by Crippen LogP contribution is 2.13. The summed E-state index contributed by atoms with van der Waals surface area (Å²) >= 11 is 4.21. The number of phenolic OH excluding ortho intramolecular Hbond substituents is 1. The van der Waals surface area contributed by atoms with Crippen LogP contribution in [0.1, 0.15) is 69.2 Å². The summed E-state index contributed by atoms with van der Waals surface area (Å²) in [5.74, 6) is -12.1. The molecule has 0 aliphatic rings. The van der Waals surface area contributed by atoms with Crippen LogP contribution in [0.3, 0.4) is 0 Å². The Labute approximate surface area is 483 Å². The second kappa shape index (κ2) is 35.8. The van der Waals surface area contributed by atoms with Crippen molar-refractivity contribution in [2.75, 3.05) is 31.9 Å². The first-order valence-electron chi connectivity index (χ1n) is 26.4. The van der Waals surface area contributed by atoms with Gasteiger partial charge in [-0.25, -0.2) is 9.78 Å². The standard InChI is InChI=1S/C52H76N16O14S/c1-28(2)43(68-44(74)33(54)11-8-18-58-52(55)56)50(80)65-37(22-42(72)73)49(79)64-36(19-29-9-4-3-5-10-29)48(78)67-39(26-83)46(76)60-24-40(70)62-34(12-6-7-17-53)45(75)59-25-41(71)63-35(20-30-13-15-32(69)16-14-30)47(77)66-38(51(81)82)21-31-23-57-27-61-31/h3-5,9-10,13-16,23,27-28,33-39,43,69,83H,6-8,11-12,17-22,24-26,53-54H2,1-2H3,(H,57,61)(H,59,75)(H,60,76)(H,62,70)(H,63,71)(H,64,79)(H,65,80)(H,66,77)(H,67,78)(H,68,74)(H,72,73)(H,81,82)(H4,55,56,58)/t33-,34-,35-,36-,37-,38-,39-,43-/m0/s1. The third-order valence-electron chi connectivity index (χ3n) is 12.4. The van der Waals surface area contributed by atoms with Crippen molar-refractivity contribution in [1.82, 2.24) is 57.8 Å². The number of carboxylic acids is 2. The van der Waals surface area contributed by atoms with E-state index in [0.29, 0.717) is 36.1 Å². The minimum Gasteiger partial charge on any atom is -0.508 e. The zero-order valence-electron chi connectivity index (χ0n) is 45.9. The number of thiol groups is 1. The van der Waals surface area contributed by atoms with Gasteiger partial charge < -0.3 is 91.1 Å². The summed E-state index contributed by atoms with van der Waals surface area (Å²) in [6.45, 7) is 2.17. The zero-order chi connectivity index (χ0) is 61.6. The number of H-pyrrole nitrogens is 1. The lowest BCUT2D eigenvalue weighted by Crippen LogP contribution is -2.60. The van der Waals surface area contributed by atoms with Gasteiger partial charge in [0.25, 0.3) is 0 Å². The van der Waals surface area contributed by atoms with Crippen molar-refractivity contribution < 1.29 is 68.1 Å². The van der Waals surface area contributed by atoms with Crippen molar-refractivity contribution in [3.05, 3.63) is 83.9 Å². The maximum atomic E-state index is 14.0. The van der Waals surface area contributed by atoms with Crippen LogP contribution in [0.25, 0.3) is 0 Å². The van der Waals surface area contributed by atoms with Gasteiger partial charge in [-0.05, 0) is 67.8 Å². The number of aromatic amines is 1. The van der Waals surface area contributed by atoms with Gasteiger partial charge in [-0.2, -0.15) is 12.6 Å². The first-order chi connectivity index (χ1) is 39.4. The Morgan fingerprint density at radius 1 is 0.614 bits per heavy atom. The Morgan fingerprint density at radius 2 is 1.16 bits per heavy atom. The number of nitrogens with one attached hydrogen (secondary N) is 10. The van der Waals surface area contributed by atoms with E-state index >= 15 is 0 Å². The van der Waals surface area contributed by atoms with E-state index in [2.05, 4.69) is 75.4 Å². The van der Waals surface area contributed by atoms with E-state index in [1.165, 1.54) is 36.8 Å². The summed E-state index contributed by atoms with van der Waals surface area (Å²) in [7, 11) is 0. The lowest BCUT2D eigenvalue weighted by molar-refractivity contribution is -0.142. The number of hydrogen-bond donors (Lipinski definition) is 18. The Hall–Kier alpha value is -8.84. The molecular formula is C52H76N16O14S. The highest BCUT2D eigenvalue weighted by atomic mass is 32.1. The fourth-order valence-corrected chi connectivity index (χ4v) is 8.15. The summed E-state index contributed by atoms with van der Waals surface area (Å²) in [6, 6.07) is 2.76. The molecule has 8 atom stereocenters. The molecule has 0 saturated heterocycles. The Balaban J connectivity index is 1.70. The summed E-state index contributed by atoms with van der Waals surface area (Å²) in [4.78, 5) is 156. The van der Waals surface area contributed by atoms with Crippen LogP contribution in [-0.4, -0.2) is 177 Å². The number of aliphatic carboxylic acids is 2. The van der Waals surface area contributed by atoms with Crippen LogP contribution in [0.5, 0.6) is 5.75 Å². The van der Waals surface area contributed by atoms with Crippen molar-refractivity contribution >= 4 is 83.7 Å². The number of aliphatic imine (C=N–C) groups is 1. The van der Waals surface area contributed by atoms with Crippen LogP contribution in [-0.2, 0) is 72.0 Å². The van der Waals surface area contributed by atoms with E-state index in [1.807, 2.05) is 0 Å². The number of aromatic hydroxyl groups is 1. The molecule has 0 aliphatic heterocycles. The molecular weight excluding hydrogens is 1100 g/mol. The molecule has 1 heterocycles. The maximum absolute atomic E-state index is 14.0. The molecule has 30 nitrogen and oxygen atoms in total. The molecule has 31 heteroatoms. The van der Waals surface area contributed by atoms with Crippen molar-refractivity contribution in [1.29, 1.82) is 0 Å². The van der Waals surface area contributed by atoms with Crippen LogP contribution in [0, 0.1) is 5.92 Å². The number of amides is 9. The fraction of sp³-hybridized carbons (Fsp3) is 0.481. The number of phenols is 1. The molecule has 2 aromatic carbocycles. The van der Waals surface area contributed by atoms with Gasteiger partial charge in [0.15, 0.2) is 5.96 Å². The molecule has 83 heavy (non-hydrogen) atoms. The van der Waals surface area contributed by atoms with E-state index in [1.54, 1.807) is 44.2 Å². The van der Waals surface area contributed by atoms with Crippen molar-refractivity contribution in [2.24, 2.45) is 33.8 Å².